The molecule has 0 atom stereocenters. The summed E-state index contributed by atoms with van der Waals surface area (Å²) in [6, 6.07) is 18.7. The van der Waals surface area contributed by atoms with Crippen LogP contribution < -0.4 is 19.6 Å². The molecule has 0 aliphatic rings. The van der Waals surface area contributed by atoms with E-state index in [1.54, 1.807) is 32.6 Å². The monoisotopic (exact) mass is 444 g/mol. The summed E-state index contributed by atoms with van der Waals surface area (Å²) >= 11 is 12.1. The molecular formula is C23H22Cl2N2O3. The molecule has 3 aromatic carbocycles. The second-order valence-corrected chi connectivity index (χ2v) is 7.18. The molecule has 0 spiro atoms. The minimum Gasteiger partial charge on any atom is -0.496 e. The van der Waals surface area contributed by atoms with Crippen LogP contribution in [-0.4, -0.2) is 20.4 Å². The molecule has 0 aliphatic carbocycles. The number of ether oxygens (including phenoxy) is 3. The Bertz CT molecular complexity index is 1030. The van der Waals surface area contributed by atoms with Gasteiger partial charge in [-0.15, -0.1) is 0 Å². The molecule has 0 aromatic heterocycles. The molecule has 3 aromatic rings. The maximum absolute atomic E-state index is 6.20. The first-order chi connectivity index (χ1) is 14.6. The van der Waals surface area contributed by atoms with Crippen molar-refractivity contribution in [3.05, 3.63) is 87.4 Å². The summed E-state index contributed by atoms with van der Waals surface area (Å²) in [5, 5.41) is 5.42. The van der Waals surface area contributed by atoms with Gasteiger partial charge in [0.1, 0.15) is 12.4 Å². The molecule has 1 N–H and O–H groups in total. The van der Waals surface area contributed by atoms with Gasteiger partial charge in [-0.25, -0.2) is 0 Å². The van der Waals surface area contributed by atoms with E-state index >= 15 is 0 Å². The number of nitrogens with one attached hydrogen (secondary N) is 1. The Morgan fingerprint density at radius 1 is 0.867 bits per heavy atom. The van der Waals surface area contributed by atoms with Gasteiger partial charge in [0, 0.05) is 21.2 Å². The molecule has 3 rings (SSSR count). The molecule has 156 valence electrons. The number of hydrazone groups is 1. The van der Waals surface area contributed by atoms with E-state index in [2.05, 4.69) is 10.5 Å². The average Bonchev–Trinajstić information content (AvgIpc) is 2.76. The van der Waals surface area contributed by atoms with Crippen molar-refractivity contribution < 1.29 is 14.2 Å². The van der Waals surface area contributed by atoms with Crippen molar-refractivity contribution in [3.8, 4) is 17.2 Å². The molecule has 0 bridgehead atoms. The summed E-state index contributed by atoms with van der Waals surface area (Å²) in [6.07, 6.45) is 1.72. The van der Waals surface area contributed by atoms with Crippen LogP contribution >= 0.6 is 23.2 Å². The van der Waals surface area contributed by atoms with E-state index in [1.807, 2.05) is 48.5 Å². The van der Waals surface area contributed by atoms with E-state index in [1.165, 1.54) is 0 Å². The Morgan fingerprint density at radius 3 is 2.43 bits per heavy atom. The van der Waals surface area contributed by atoms with Crippen LogP contribution in [0.1, 0.15) is 16.7 Å². The van der Waals surface area contributed by atoms with E-state index in [9.17, 15) is 0 Å². The van der Waals surface area contributed by atoms with Crippen molar-refractivity contribution >= 4 is 29.4 Å². The lowest BCUT2D eigenvalue weighted by Gasteiger charge is -2.12. The van der Waals surface area contributed by atoms with Crippen LogP contribution in [0.5, 0.6) is 17.2 Å². The number of nitrogens with zero attached hydrogens (tertiary/aromatic N) is 1. The molecule has 0 unspecified atom stereocenters. The Balaban J connectivity index is 1.61. The highest BCUT2D eigenvalue weighted by Crippen LogP contribution is 2.29. The number of hydrogen-bond acceptors (Lipinski definition) is 5. The standard InChI is InChI=1S/C23H22Cl2N2O3/c1-28-21-6-4-3-5-17(21)14-27-26-13-16-7-10-22(23(11-16)29-2)30-15-18-8-9-19(24)12-20(18)25/h3-13,27H,14-15H2,1-2H3/b26-13+. The fraction of sp³-hybridized carbons (Fsp3) is 0.174. The summed E-state index contributed by atoms with van der Waals surface area (Å²) in [5.41, 5.74) is 5.77. The average molecular weight is 445 g/mol. The first kappa shape index (κ1) is 21.8. The van der Waals surface area contributed by atoms with Crippen LogP contribution in [0.15, 0.2) is 65.8 Å². The van der Waals surface area contributed by atoms with Gasteiger partial charge in [0.05, 0.1) is 27.0 Å². The highest BCUT2D eigenvalue weighted by molar-refractivity contribution is 6.35. The quantitative estimate of drug-likeness (QED) is 0.339. The molecule has 7 heteroatoms. The Labute approximate surface area is 186 Å². The number of benzene rings is 3. The Kier molecular flexibility index (Phi) is 7.82. The predicted octanol–water partition coefficient (Wildman–Crippen LogP) is 5.71. The summed E-state index contributed by atoms with van der Waals surface area (Å²) in [7, 11) is 3.25. The third kappa shape index (κ3) is 5.81. The summed E-state index contributed by atoms with van der Waals surface area (Å²) in [5.74, 6) is 2.04. The van der Waals surface area contributed by atoms with Gasteiger partial charge in [0.15, 0.2) is 11.5 Å². The first-order valence-electron chi connectivity index (χ1n) is 9.23. The number of para-hydroxylation sites is 1. The number of methoxy groups -OCH3 is 2. The third-order valence-electron chi connectivity index (χ3n) is 4.35. The maximum Gasteiger partial charge on any atom is 0.161 e. The van der Waals surface area contributed by atoms with Crippen molar-refractivity contribution in [2.24, 2.45) is 5.10 Å². The molecule has 0 saturated heterocycles. The van der Waals surface area contributed by atoms with Crippen LogP contribution in [0, 0.1) is 0 Å². The lowest BCUT2D eigenvalue weighted by Crippen LogP contribution is -2.07. The van der Waals surface area contributed by atoms with Crippen molar-refractivity contribution in [1.29, 1.82) is 0 Å². The molecule has 30 heavy (non-hydrogen) atoms. The maximum atomic E-state index is 6.20. The van der Waals surface area contributed by atoms with Crippen molar-refractivity contribution in [2.45, 2.75) is 13.2 Å². The zero-order valence-electron chi connectivity index (χ0n) is 16.7. The molecule has 5 nitrogen and oxygen atoms in total. The summed E-state index contributed by atoms with van der Waals surface area (Å²) < 4.78 is 16.7. The van der Waals surface area contributed by atoms with Crippen molar-refractivity contribution in [2.75, 3.05) is 14.2 Å². The molecule has 0 radical (unpaired) electrons. The van der Waals surface area contributed by atoms with Crippen molar-refractivity contribution in [1.82, 2.24) is 5.43 Å². The van der Waals surface area contributed by atoms with Crippen LogP contribution in [0.25, 0.3) is 0 Å². The Hall–Kier alpha value is -2.89. The van der Waals surface area contributed by atoms with Crippen molar-refractivity contribution in [3.63, 3.8) is 0 Å². The molecular weight excluding hydrogens is 423 g/mol. The zero-order valence-corrected chi connectivity index (χ0v) is 18.2. The second kappa shape index (κ2) is 10.8. The molecule has 0 heterocycles. The van der Waals surface area contributed by atoms with E-state index in [0.717, 1.165) is 22.4 Å². The zero-order chi connectivity index (χ0) is 21.3. The van der Waals surface area contributed by atoms with E-state index in [0.29, 0.717) is 34.7 Å². The van der Waals surface area contributed by atoms with E-state index in [4.69, 9.17) is 37.4 Å². The predicted molar refractivity (Wildman–Crippen MR) is 121 cm³/mol. The normalized spacial score (nSPS) is 10.8. The second-order valence-electron chi connectivity index (χ2n) is 6.34. The fourth-order valence-electron chi connectivity index (χ4n) is 2.78. The summed E-state index contributed by atoms with van der Waals surface area (Å²) in [4.78, 5) is 0. The number of halogens is 2. The fourth-order valence-corrected chi connectivity index (χ4v) is 3.24. The van der Waals surface area contributed by atoms with Crippen LogP contribution in [-0.2, 0) is 13.2 Å². The van der Waals surface area contributed by atoms with Gasteiger partial charge in [0.2, 0.25) is 0 Å². The largest absolute Gasteiger partial charge is 0.496 e. The summed E-state index contributed by atoms with van der Waals surface area (Å²) in [6.45, 7) is 0.862. The highest BCUT2D eigenvalue weighted by Gasteiger charge is 2.08. The SMILES string of the molecule is COc1ccccc1CN/N=C/c1ccc(OCc2ccc(Cl)cc2Cl)c(OC)c1. The lowest BCUT2D eigenvalue weighted by molar-refractivity contribution is 0.284. The lowest BCUT2D eigenvalue weighted by atomic mass is 10.2. The topological polar surface area (TPSA) is 52.1 Å². The highest BCUT2D eigenvalue weighted by atomic mass is 35.5. The number of rotatable bonds is 9. The smallest absolute Gasteiger partial charge is 0.161 e. The van der Waals surface area contributed by atoms with Gasteiger partial charge >= 0.3 is 0 Å². The molecule has 0 aliphatic heterocycles. The van der Waals surface area contributed by atoms with Crippen LogP contribution in [0.2, 0.25) is 10.0 Å². The first-order valence-corrected chi connectivity index (χ1v) is 9.99. The van der Waals surface area contributed by atoms with E-state index < -0.39 is 0 Å². The minimum absolute atomic E-state index is 0.306. The third-order valence-corrected chi connectivity index (χ3v) is 4.94. The van der Waals surface area contributed by atoms with Gasteiger partial charge in [-0.05, 0) is 42.0 Å². The molecule has 0 fully saturated rings. The van der Waals surface area contributed by atoms with Gasteiger partial charge in [0.25, 0.3) is 0 Å². The van der Waals surface area contributed by atoms with Gasteiger partial charge in [-0.2, -0.15) is 5.10 Å². The van der Waals surface area contributed by atoms with Gasteiger partial charge in [-0.1, -0.05) is 47.5 Å². The van der Waals surface area contributed by atoms with Crippen LogP contribution in [0.4, 0.5) is 0 Å². The Morgan fingerprint density at radius 2 is 1.67 bits per heavy atom. The van der Waals surface area contributed by atoms with Gasteiger partial charge in [-0.3, -0.25) is 0 Å². The van der Waals surface area contributed by atoms with Crippen LogP contribution in [0.3, 0.4) is 0 Å². The number of hydrogen-bond donors (Lipinski definition) is 1. The molecule has 0 saturated carbocycles. The van der Waals surface area contributed by atoms with E-state index in [-0.39, 0.29) is 0 Å². The van der Waals surface area contributed by atoms with Gasteiger partial charge < -0.3 is 19.6 Å². The minimum atomic E-state index is 0.306. The molecule has 0 amide bonds.